The SMILES string of the molecule is COC(=O)NC(C(=O)N1CC2(CC2)C[C@H]1c1nc2ccc(-c3ccc(-c4ccc(C5=CNC([C@@H]6CC7(CC7)CN6C(=O)[C@@H](NC(=O)OC)c6ccccc6)N5)c5c4CC4(CCCC4)C5)c4c3CC3(CCCC3)C4)cc2[nH]1)c1ccccc1. The largest absolute Gasteiger partial charge is 0.453 e. The van der Waals surface area contributed by atoms with E-state index in [2.05, 4.69) is 74.9 Å². The molecule has 4 saturated carbocycles. The third-order valence-corrected chi connectivity index (χ3v) is 21.4. The van der Waals surface area contributed by atoms with Crippen LogP contribution in [0.3, 0.4) is 0 Å². The Bertz CT molecular complexity index is 3590. The topological polar surface area (TPSA) is 170 Å². The maximum absolute atomic E-state index is 14.8. The predicted octanol–water partition coefficient (Wildman–Crippen LogP) is 11.7. The smallest absolute Gasteiger partial charge is 0.407 e. The molecule has 4 spiro atoms. The van der Waals surface area contributed by atoms with E-state index in [-0.39, 0.29) is 51.7 Å². The molecular formula is C68H74N8O6. The molecule has 5 N–H and O–H groups in total. The number of nitrogens with one attached hydrogen (secondary N) is 5. The van der Waals surface area contributed by atoms with Gasteiger partial charge >= 0.3 is 12.2 Å². The van der Waals surface area contributed by atoms with Gasteiger partial charge in [0, 0.05) is 24.9 Å². The molecule has 82 heavy (non-hydrogen) atoms. The van der Waals surface area contributed by atoms with Gasteiger partial charge < -0.3 is 45.5 Å². The molecule has 15 rings (SSSR count). The average Bonchev–Trinajstić information content (AvgIpc) is 4.30. The van der Waals surface area contributed by atoms with Crippen molar-refractivity contribution >= 4 is 40.7 Å². The average molecular weight is 1100 g/mol. The maximum Gasteiger partial charge on any atom is 0.407 e. The molecule has 6 aromatic rings. The minimum atomic E-state index is -0.883. The van der Waals surface area contributed by atoms with Gasteiger partial charge in [0.05, 0.1) is 43.0 Å². The first-order valence-electron chi connectivity index (χ1n) is 30.4. The van der Waals surface area contributed by atoms with Gasteiger partial charge in [-0.2, -0.15) is 0 Å². The Morgan fingerprint density at radius 3 is 1.63 bits per heavy atom. The minimum absolute atomic E-state index is 0.0692. The van der Waals surface area contributed by atoms with Crippen LogP contribution in [0.25, 0.3) is 39.0 Å². The Labute approximate surface area is 479 Å². The fourth-order valence-corrected chi connectivity index (χ4v) is 16.7. The Balaban J connectivity index is 0.743. The second-order valence-corrected chi connectivity index (χ2v) is 26.4. The molecule has 14 nitrogen and oxygen atoms in total. The number of imidazole rings is 1. The number of hydrogen-bond donors (Lipinski definition) is 5. The van der Waals surface area contributed by atoms with Crippen LogP contribution in [0.2, 0.25) is 0 Å². The summed E-state index contributed by atoms with van der Waals surface area (Å²) in [7, 11) is 2.66. The first-order valence-corrected chi connectivity index (χ1v) is 30.4. The van der Waals surface area contributed by atoms with Crippen LogP contribution in [0.1, 0.15) is 153 Å². The van der Waals surface area contributed by atoms with E-state index < -0.39 is 24.3 Å². The number of hydrogen-bond acceptors (Lipinski definition) is 9. The molecule has 4 heterocycles. The number of H-pyrrole nitrogens is 1. The van der Waals surface area contributed by atoms with Crippen molar-refractivity contribution in [2.75, 3.05) is 27.3 Å². The fourth-order valence-electron chi connectivity index (χ4n) is 16.7. The third kappa shape index (κ3) is 8.83. The first-order chi connectivity index (χ1) is 39.9. The Morgan fingerprint density at radius 1 is 0.573 bits per heavy atom. The number of nitrogens with zero attached hydrogens (tertiary/aromatic N) is 3. The zero-order valence-electron chi connectivity index (χ0n) is 47.2. The second kappa shape index (κ2) is 19.5. The molecular weight excluding hydrogens is 1020 g/mol. The van der Waals surface area contributed by atoms with E-state index in [1.54, 1.807) is 0 Å². The van der Waals surface area contributed by atoms with Crippen LogP contribution in [-0.4, -0.2) is 83.3 Å². The van der Waals surface area contributed by atoms with Crippen molar-refractivity contribution in [3.05, 3.63) is 154 Å². The highest BCUT2D eigenvalue weighted by Crippen LogP contribution is 2.60. The summed E-state index contributed by atoms with van der Waals surface area (Å²) in [6.45, 7) is 1.30. The first kappa shape index (κ1) is 51.3. The second-order valence-electron chi connectivity index (χ2n) is 26.4. The predicted molar refractivity (Wildman–Crippen MR) is 314 cm³/mol. The summed E-state index contributed by atoms with van der Waals surface area (Å²) in [5.74, 6) is 0.524. The Kier molecular flexibility index (Phi) is 12.2. The molecule has 2 unspecified atom stereocenters. The van der Waals surface area contributed by atoms with E-state index in [0.717, 1.165) is 92.3 Å². The van der Waals surface area contributed by atoms with Crippen molar-refractivity contribution < 1.29 is 28.7 Å². The minimum Gasteiger partial charge on any atom is -0.453 e. The van der Waals surface area contributed by atoms with E-state index in [1.165, 1.54) is 116 Å². The summed E-state index contributed by atoms with van der Waals surface area (Å²) in [6, 6.07) is 33.2. The standard InChI is InChI=1S/C68H74N8O6/c1-81-63(79)73-57(41-13-5-3-6-14-41)61(77)75-39-67(27-28-67)36-55(75)59-69-38-54(72-59)47-21-20-46(50-34-66(35-51(47)50)25-11-12-26-66)45-19-18-44(48-32-65(33-49(45)48)23-9-10-24-65)43-17-22-52-53(31-43)71-60(70-52)56-37-68(29-30-68)40-76(56)62(78)58(74-64(80)82-2)42-15-7-4-8-16-42/h3-8,13-22,31,38,55-59,69,72H,9-12,23-30,32-37,39-40H2,1-2H3,(H,70,71)(H,73,79)(H,74,80)/t55-,56-,57-,58?,59?/m0/s1. The molecule has 0 radical (unpaired) electrons. The third-order valence-electron chi connectivity index (χ3n) is 21.4. The number of aromatic amines is 1. The molecule has 6 fully saturated rings. The highest BCUT2D eigenvalue weighted by atomic mass is 16.5. The molecule has 422 valence electrons. The van der Waals surface area contributed by atoms with E-state index >= 15 is 0 Å². The van der Waals surface area contributed by atoms with Gasteiger partial charge in [-0.15, -0.1) is 0 Å². The Hall–Kier alpha value is -7.61. The van der Waals surface area contributed by atoms with Gasteiger partial charge in [-0.05, 0) is 179 Å². The Morgan fingerprint density at radius 2 is 1.07 bits per heavy atom. The van der Waals surface area contributed by atoms with Gasteiger partial charge in [-0.3, -0.25) is 9.59 Å². The van der Waals surface area contributed by atoms with Crippen LogP contribution in [0.15, 0.2) is 109 Å². The number of ether oxygens (including phenoxy) is 2. The lowest BCUT2D eigenvalue weighted by Crippen LogP contribution is -2.54. The van der Waals surface area contributed by atoms with Crippen LogP contribution >= 0.6 is 0 Å². The molecule has 5 aromatic carbocycles. The number of rotatable bonds is 11. The summed E-state index contributed by atoms with van der Waals surface area (Å²) in [5.41, 5.74) is 17.6. The monoisotopic (exact) mass is 1100 g/mol. The summed E-state index contributed by atoms with van der Waals surface area (Å²) >= 11 is 0. The highest BCUT2D eigenvalue weighted by Gasteiger charge is 2.57. The number of carbonyl (C=O) groups is 4. The lowest BCUT2D eigenvalue weighted by Gasteiger charge is -2.33. The summed E-state index contributed by atoms with van der Waals surface area (Å²) in [4.78, 5) is 67.7. The summed E-state index contributed by atoms with van der Waals surface area (Å²) in [6.07, 6.45) is 21.3. The molecule has 0 bridgehead atoms. The van der Waals surface area contributed by atoms with Crippen LogP contribution in [0.5, 0.6) is 0 Å². The highest BCUT2D eigenvalue weighted by molar-refractivity contribution is 5.90. The zero-order chi connectivity index (χ0) is 55.5. The van der Waals surface area contributed by atoms with Crippen molar-refractivity contribution in [2.45, 2.75) is 146 Å². The summed E-state index contributed by atoms with van der Waals surface area (Å²) < 4.78 is 10.0. The molecule has 9 aliphatic rings. The molecule has 2 saturated heterocycles. The number of amides is 4. The maximum atomic E-state index is 14.8. The van der Waals surface area contributed by atoms with Gasteiger partial charge in [0.2, 0.25) is 5.91 Å². The lowest BCUT2D eigenvalue weighted by molar-refractivity contribution is -0.135. The van der Waals surface area contributed by atoms with Gasteiger partial charge in [0.1, 0.15) is 24.1 Å². The lowest BCUT2D eigenvalue weighted by atomic mass is 9.82. The van der Waals surface area contributed by atoms with Crippen molar-refractivity contribution in [2.24, 2.45) is 21.7 Å². The van der Waals surface area contributed by atoms with E-state index in [9.17, 15) is 19.2 Å². The molecule has 4 amide bonds. The number of benzene rings is 5. The van der Waals surface area contributed by atoms with Crippen LogP contribution in [0, 0.1) is 21.7 Å². The number of methoxy groups -OCH3 is 2. The van der Waals surface area contributed by atoms with Crippen molar-refractivity contribution in [1.29, 1.82) is 0 Å². The van der Waals surface area contributed by atoms with E-state index in [1.807, 2.05) is 70.5 Å². The number of alkyl carbamates (subject to hydrolysis) is 2. The van der Waals surface area contributed by atoms with Crippen molar-refractivity contribution in [3.8, 4) is 22.3 Å². The number of likely N-dealkylation sites (tertiary alicyclic amines) is 2. The molecule has 3 aliphatic heterocycles. The van der Waals surface area contributed by atoms with Gasteiger partial charge in [-0.25, -0.2) is 14.6 Å². The van der Waals surface area contributed by atoms with Crippen LogP contribution in [-0.2, 0) is 44.7 Å². The van der Waals surface area contributed by atoms with Crippen LogP contribution < -0.4 is 21.3 Å². The van der Waals surface area contributed by atoms with E-state index in [4.69, 9.17) is 14.5 Å². The summed E-state index contributed by atoms with van der Waals surface area (Å²) in [5, 5.41) is 13.4. The number of aromatic nitrogens is 2. The van der Waals surface area contributed by atoms with Gasteiger partial charge in [0.15, 0.2) is 0 Å². The van der Waals surface area contributed by atoms with E-state index in [0.29, 0.717) is 18.7 Å². The molecule has 5 atom stereocenters. The molecule has 6 aliphatic carbocycles. The van der Waals surface area contributed by atoms with Crippen molar-refractivity contribution in [1.82, 2.24) is 41.0 Å². The fraction of sp³-hybridized carbons (Fsp3) is 0.456. The number of carbonyl (C=O) groups excluding carboxylic acids is 4. The van der Waals surface area contributed by atoms with Crippen LogP contribution in [0.4, 0.5) is 9.59 Å². The molecule has 1 aromatic heterocycles. The quantitative estimate of drug-likeness (QED) is 0.0847. The van der Waals surface area contributed by atoms with Crippen molar-refractivity contribution in [3.63, 3.8) is 0 Å². The normalized spacial score (nSPS) is 24.1. The number of fused-ring (bicyclic) bond motifs is 3. The van der Waals surface area contributed by atoms with Gasteiger partial charge in [-0.1, -0.05) is 117 Å². The zero-order valence-corrected chi connectivity index (χ0v) is 47.2. The van der Waals surface area contributed by atoms with Gasteiger partial charge in [0.25, 0.3) is 5.91 Å². The molecule has 14 heteroatoms.